The Balaban J connectivity index is 2.50. The summed E-state index contributed by atoms with van der Waals surface area (Å²) in [5.74, 6) is 0. The van der Waals surface area contributed by atoms with Crippen molar-refractivity contribution >= 4 is 0 Å². The fourth-order valence-electron chi connectivity index (χ4n) is 2.34. The zero-order valence-corrected chi connectivity index (χ0v) is 10.6. The van der Waals surface area contributed by atoms with Crippen molar-refractivity contribution in [1.82, 2.24) is 10.2 Å². The quantitative estimate of drug-likeness (QED) is 0.750. The zero-order chi connectivity index (χ0) is 11.3. The smallest absolute Gasteiger partial charge is 0.0622 e. The highest BCUT2D eigenvalue weighted by Crippen LogP contribution is 2.15. The van der Waals surface area contributed by atoms with Gasteiger partial charge in [-0.25, -0.2) is 0 Å². The molecule has 0 radical (unpaired) electrons. The van der Waals surface area contributed by atoms with Crippen molar-refractivity contribution in [2.45, 2.75) is 52.2 Å². The largest absolute Gasteiger partial charge is 0.378 e. The fraction of sp³-hybridized carbons (Fsp3) is 1.00. The monoisotopic (exact) mass is 214 g/mol. The second-order valence-electron chi connectivity index (χ2n) is 4.46. The molecule has 0 spiro atoms. The number of nitrogens with one attached hydrogen (secondary N) is 1. The SMILES string of the molecule is CCNC(C)C(C)N1CCOCC1CC. The van der Waals surface area contributed by atoms with E-state index in [4.69, 9.17) is 4.74 Å². The third kappa shape index (κ3) is 3.44. The average molecular weight is 214 g/mol. The lowest BCUT2D eigenvalue weighted by Gasteiger charge is -2.41. The Kier molecular flexibility index (Phi) is 5.58. The number of nitrogens with zero attached hydrogens (tertiary/aromatic N) is 1. The van der Waals surface area contributed by atoms with Crippen molar-refractivity contribution in [1.29, 1.82) is 0 Å². The van der Waals surface area contributed by atoms with Gasteiger partial charge in [0.25, 0.3) is 0 Å². The maximum Gasteiger partial charge on any atom is 0.0622 e. The summed E-state index contributed by atoms with van der Waals surface area (Å²) in [5.41, 5.74) is 0. The highest BCUT2D eigenvalue weighted by atomic mass is 16.5. The van der Waals surface area contributed by atoms with Gasteiger partial charge in [0.05, 0.1) is 13.2 Å². The Morgan fingerprint density at radius 3 is 2.73 bits per heavy atom. The maximum absolute atomic E-state index is 5.53. The molecule has 1 saturated heterocycles. The van der Waals surface area contributed by atoms with Crippen LogP contribution in [0.3, 0.4) is 0 Å². The van der Waals surface area contributed by atoms with Crippen LogP contribution in [0.1, 0.15) is 34.1 Å². The number of hydrogen-bond donors (Lipinski definition) is 1. The number of morpholine rings is 1. The Labute approximate surface area is 94.2 Å². The topological polar surface area (TPSA) is 24.5 Å². The number of likely N-dealkylation sites (N-methyl/N-ethyl adjacent to an activating group) is 1. The van der Waals surface area contributed by atoms with Crippen molar-refractivity contribution in [3.63, 3.8) is 0 Å². The molecule has 3 heteroatoms. The van der Waals surface area contributed by atoms with Crippen LogP contribution in [-0.4, -0.2) is 49.3 Å². The van der Waals surface area contributed by atoms with E-state index >= 15 is 0 Å². The summed E-state index contributed by atoms with van der Waals surface area (Å²) in [6.07, 6.45) is 1.18. The van der Waals surface area contributed by atoms with Crippen molar-refractivity contribution in [3.8, 4) is 0 Å². The minimum absolute atomic E-state index is 0.558. The Morgan fingerprint density at radius 1 is 1.40 bits per heavy atom. The van der Waals surface area contributed by atoms with Crippen LogP contribution in [0, 0.1) is 0 Å². The van der Waals surface area contributed by atoms with E-state index in [0.29, 0.717) is 18.1 Å². The third-order valence-electron chi connectivity index (χ3n) is 3.52. The van der Waals surface area contributed by atoms with Gasteiger partial charge in [-0.05, 0) is 26.8 Å². The van der Waals surface area contributed by atoms with Gasteiger partial charge in [0.2, 0.25) is 0 Å². The molecule has 3 unspecified atom stereocenters. The molecule has 1 heterocycles. The first-order valence-corrected chi connectivity index (χ1v) is 6.27. The van der Waals surface area contributed by atoms with Crippen LogP contribution in [-0.2, 0) is 4.74 Å². The van der Waals surface area contributed by atoms with E-state index in [-0.39, 0.29) is 0 Å². The summed E-state index contributed by atoms with van der Waals surface area (Å²) in [6, 6.07) is 1.76. The summed E-state index contributed by atoms with van der Waals surface area (Å²) >= 11 is 0. The lowest BCUT2D eigenvalue weighted by atomic mass is 10.1. The van der Waals surface area contributed by atoms with Gasteiger partial charge in [0, 0.05) is 24.7 Å². The molecule has 0 bridgehead atoms. The van der Waals surface area contributed by atoms with Crippen molar-refractivity contribution < 1.29 is 4.74 Å². The molecule has 1 rings (SSSR count). The molecular weight excluding hydrogens is 188 g/mol. The highest BCUT2D eigenvalue weighted by Gasteiger charge is 2.28. The van der Waals surface area contributed by atoms with E-state index in [1.807, 2.05) is 0 Å². The summed E-state index contributed by atoms with van der Waals surface area (Å²) < 4.78 is 5.53. The molecule has 0 aliphatic carbocycles. The molecule has 0 aromatic heterocycles. The van der Waals surface area contributed by atoms with Gasteiger partial charge in [-0.3, -0.25) is 4.90 Å². The van der Waals surface area contributed by atoms with Gasteiger partial charge >= 0.3 is 0 Å². The molecule has 0 aromatic rings. The average Bonchev–Trinajstić information content (AvgIpc) is 2.28. The molecule has 1 N–H and O–H groups in total. The number of rotatable bonds is 5. The summed E-state index contributed by atoms with van der Waals surface area (Å²) in [4.78, 5) is 2.59. The molecule has 1 fully saturated rings. The highest BCUT2D eigenvalue weighted by molar-refractivity contribution is 4.84. The van der Waals surface area contributed by atoms with Crippen LogP contribution >= 0.6 is 0 Å². The van der Waals surface area contributed by atoms with E-state index in [9.17, 15) is 0 Å². The molecule has 3 atom stereocenters. The Hall–Kier alpha value is -0.120. The summed E-state index contributed by atoms with van der Waals surface area (Å²) in [5, 5.41) is 3.50. The first-order chi connectivity index (χ1) is 7.20. The summed E-state index contributed by atoms with van der Waals surface area (Å²) in [6.45, 7) is 12.9. The minimum atomic E-state index is 0.558. The van der Waals surface area contributed by atoms with E-state index < -0.39 is 0 Å². The van der Waals surface area contributed by atoms with Gasteiger partial charge in [-0.1, -0.05) is 13.8 Å². The van der Waals surface area contributed by atoms with Crippen LogP contribution < -0.4 is 5.32 Å². The first-order valence-electron chi connectivity index (χ1n) is 6.27. The molecule has 3 nitrogen and oxygen atoms in total. The van der Waals surface area contributed by atoms with E-state index in [1.165, 1.54) is 6.42 Å². The molecule has 90 valence electrons. The van der Waals surface area contributed by atoms with Crippen molar-refractivity contribution in [2.75, 3.05) is 26.3 Å². The Morgan fingerprint density at radius 2 is 2.13 bits per heavy atom. The standard InChI is InChI=1S/C12H26N2O/c1-5-12-9-15-8-7-14(12)11(4)10(3)13-6-2/h10-13H,5-9H2,1-4H3. The third-order valence-corrected chi connectivity index (χ3v) is 3.52. The molecule has 0 saturated carbocycles. The molecule has 1 aliphatic heterocycles. The maximum atomic E-state index is 5.53. The molecule has 0 amide bonds. The molecular formula is C12H26N2O. The predicted molar refractivity (Wildman–Crippen MR) is 64.2 cm³/mol. The molecule has 0 aromatic carbocycles. The van der Waals surface area contributed by atoms with Crippen LogP contribution in [0.2, 0.25) is 0 Å². The van der Waals surface area contributed by atoms with Gasteiger partial charge in [-0.15, -0.1) is 0 Å². The van der Waals surface area contributed by atoms with E-state index in [1.54, 1.807) is 0 Å². The van der Waals surface area contributed by atoms with Gasteiger partial charge < -0.3 is 10.1 Å². The normalized spacial score (nSPS) is 27.6. The first kappa shape index (κ1) is 12.9. The second-order valence-corrected chi connectivity index (χ2v) is 4.46. The lowest BCUT2D eigenvalue weighted by Crippen LogP contribution is -2.55. The Bertz CT molecular complexity index is 175. The van der Waals surface area contributed by atoms with Gasteiger partial charge in [0.15, 0.2) is 0 Å². The van der Waals surface area contributed by atoms with Crippen LogP contribution in [0.5, 0.6) is 0 Å². The number of hydrogen-bond acceptors (Lipinski definition) is 3. The van der Waals surface area contributed by atoms with Crippen molar-refractivity contribution in [3.05, 3.63) is 0 Å². The lowest BCUT2D eigenvalue weighted by molar-refractivity contribution is -0.0322. The van der Waals surface area contributed by atoms with Crippen LogP contribution in [0.15, 0.2) is 0 Å². The van der Waals surface area contributed by atoms with Crippen molar-refractivity contribution in [2.24, 2.45) is 0 Å². The predicted octanol–water partition coefficient (Wildman–Crippen LogP) is 1.48. The van der Waals surface area contributed by atoms with Crippen LogP contribution in [0.25, 0.3) is 0 Å². The number of ether oxygens (including phenoxy) is 1. The second kappa shape index (κ2) is 6.46. The van der Waals surface area contributed by atoms with E-state index in [0.717, 1.165) is 26.3 Å². The zero-order valence-electron chi connectivity index (χ0n) is 10.6. The van der Waals surface area contributed by atoms with Crippen LogP contribution in [0.4, 0.5) is 0 Å². The minimum Gasteiger partial charge on any atom is -0.378 e. The van der Waals surface area contributed by atoms with Gasteiger partial charge in [-0.2, -0.15) is 0 Å². The molecule has 15 heavy (non-hydrogen) atoms. The molecule has 1 aliphatic rings. The fourth-order valence-corrected chi connectivity index (χ4v) is 2.34. The van der Waals surface area contributed by atoms with Gasteiger partial charge in [0.1, 0.15) is 0 Å². The van der Waals surface area contributed by atoms with E-state index in [2.05, 4.69) is 37.9 Å². The summed E-state index contributed by atoms with van der Waals surface area (Å²) in [7, 11) is 0.